The molecular formula is C36H60. The first kappa shape index (κ1) is 27.1. The van der Waals surface area contributed by atoms with Crippen molar-refractivity contribution in [2.75, 3.05) is 0 Å². The van der Waals surface area contributed by atoms with Crippen molar-refractivity contribution in [3.05, 3.63) is 23.8 Å². The molecule has 5 aliphatic rings. The van der Waals surface area contributed by atoms with Crippen LogP contribution < -0.4 is 0 Å². The fourth-order valence-electron chi connectivity index (χ4n) is 14.9. The van der Waals surface area contributed by atoms with Crippen LogP contribution in [0.25, 0.3) is 0 Å². The van der Waals surface area contributed by atoms with Gasteiger partial charge in [-0.2, -0.15) is 0 Å². The first-order valence-corrected chi connectivity index (χ1v) is 15.7. The zero-order valence-corrected chi connectivity index (χ0v) is 26.7. The summed E-state index contributed by atoms with van der Waals surface area (Å²) < 4.78 is 0. The summed E-state index contributed by atoms with van der Waals surface area (Å²) >= 11 is 0. The monoisotopic (exact) mass is 492 g/mol. The third-order valence-electron chi connectivity index (χ3n) is 17.4. The minimum atomic E-state index is 0.276. The molecule has 0 nitrogen and oxygen atoms in total. The van der Waals surface area contributed by atoms with Crippen LogP contribution in [-0.4, -0.2) is 0 Å². The van der Waals surface area contributed by atoms with Crippen LogP contribution in [0.15, 0.2) is 23.8 Å². The van der Waals surface area contributed by atoms with Gasteiger partial charge in [-0.3, -0.25) is 0 Å². The smallest absolute Gasteiger partial charge is 0.00246 e. The molecule has 5 saturated carbocycles. The fraction of sp³-hybridized carbons (Fsp3) is 0.889. The molecule has 0 saturated heterocycles. The van der Waals surface area contributed by atoms with Gasteiger partial charge < -0.3 is 0 Å². The summed E-state index contributed by atoms with van der Waals surface area (Å²) in [7, 11) is 0. The van der Waals surface area contributed by atoms with E-state index in [0.717, 1.165) is 17.8 Å². The van der Waals surface area contributed by atoms with Crippen molar-refractivity contribution in [3.8, 4) is 0 Å². The lowest BCUT2D eigenvalue weighted by Crippen LogP contribution is -3.06. The Balaban J connectivity index is 1.71. The zero-order valence-electron chi connectivity index (χ0n) is 26.7. The van der Waals surface area contributed by atoms with E-state index >= 15 is 0 Å². The minimum absolute atomic E-state index is 0.276. The Kier molecular flexibility index (Phi) is 5.24. The SMILES string of the molecule is C=CC(C)C(C)(CC1CCC1)C1C(C)C2(C)C1(C)C1(C)C3(C)C(C)(C(C)C)C(=C(C)CC)C3(C)C21C. The van der Waals surface area contributed by atoms with Crippen molar-refractivity contribution in [1.82, 2.24) is 0 Å². The molecule has 0 N–H and O–H groups in total. The van der Waals surface area contributed by atoms with E-state index in [-0.39, 0.29) is 5.41 Å². The highest BCUT2D eigenvalue weighted by molar-refractivity contribution is 5.63. The maximum Gasteiger partial charge on any atom is 0.00246 e. The van der Waals surface area contributed by atoms with Gasteiger partial charge in [0.25, 0.3) is 0 Å². The van der Waals surface area contributed by atoms with Crippen LogP contribution in [0, 0.1) is 72.9 Å². The molecule has 0 spiro atoms. The largest absolute Gasteiger partial charge is 0.103 e. The Morgan fingerprint density at radius 3 is 1.94 bits per heavy atom. The molecule has 5 rings (SSSR count). The van der Waals surface area contributed by atoms with Crippen molar-refractivity contribution in [3.63, 3.8) is 0 Å². The summed E-state index contributed by atoms with van der Waals surface area (Å²) in [4.78, 5) is 0. The predicted molar refractivity (Wildman–Crippen MR) is 157 cm³/mol. The summed E-state index contributed by atoms with van der Waals surface area (Å²) in [5, 5.41) is 0. The van der Waals surface area contributed by atoms with Crippen LogP contribution in [-0.2, 0) is 0 Å². The molecule has 204 valence electrons. The van der Waals surface area contributed by atoms with Gasteiger partial charge in [-0.25, -0.2) is 0 Å². The summed E-state index contributed by atoms with van der Waals surface area (Å²) in [5.74, 6) is 3.68. The number of hydrogen-bond acceptors (Lipinski definition) is 0. The van der Waals surface area contributed by atoms with Crippen molar-refractivity contribution in [1.29, 1.82) is 0 Å². The summed E-state index contributed by atoms with van der Waals surface area (Å²) in [5.41, 5.74) is 6.21. The average Bonchev–Trinajstić information content (AvgIpc) is 2.81. The van der Waals surface area contributed by atoms with Gasteiger partial charge in [0.15, 0.2) is 0 Å². The molecular weight excluding hydrogens is 432 g/mol. The van der Waals surface area contributed by atoms with Gasteiger partial charge in [0.05, 0.1) is 0 Å². The van der Waals surface area contributed by atoms with Gasteiger partial charge >= 0.3 is 0 Å². The molecule has 11 unspecified atom stereocenters. The highest BCUT2D eigenvalue weighted by Gasteiger charge is 3.08. The van der Waals surface area contributed by atoms with Gasteiger partial charge in [-0.15, -0.1) is 6.58 Å². The molecule has 0 heteroatoms. The Labute approximate surface area is 225 Å². The van der Waals surface area contributed by atoms with Crippen molar-refractivity contribution >= 4 is 0 Å². The van der Waals surface area contributed by atoms with E-state index in [0.29, 0.717) is 49.7 Å². The molecule has 0 aromatic rings. The molecule has 5 aliphatic carbocycles. The second-order valence-electron chi connectivity index (χ2n) is 16.6. The van der Waals surface area contributed by atoms with Gasteiger partial charge in [-0.05, 0) is 87.3 Å². The van der Waals surface area contributed by atoms with E-state index in [9.17, 15) is 0 Å². The molecule has 0 radical (unpaired) electrons. The second-order valence-corrected chi connectivity index (χ2v) is 16.6. The molecule has 0 amide bonds. The van der Waals surface area contributed by atoms with E-state index in [1.807, 2.05) is 5.57 Å². The standard InChI is InChI=1S/C36H60/c1-16-23(5)27-30(9,22(3)4)34(13)33(27,12)35(14)31(10)25(7)28(32(31,11)36(34,35)15)29(8,24(6)17-2)21-26-19-18-20-26/h17,22,24-26,28H,2,16,18-21H2,1,3-15H3. The van der Waals surface area contributed by atoms with Crippen LogP contribution in [0.1, 0.15) is 129 Å². The van der Waals surface area contributed by atoms with Crippen molar-refractivity contribution in [2.24, 2.45) is 72.9 Å². The molecule has 0 aliphatic heterocycles. The Morgan fingerprint density at radius 1 is 0.972 bits per heavy atom. The topological polar surface area (TPSA) is 0 Å². The molecule has 36 heavy (non-hydrogen) atoms. The molecule has 11 atom stereocenters. The van der Waals surface area contributed by atoms with Gasteiger partial charge in [0, 0.05) is 5.41 Å². The zero-order chi connectivity index (χ0) is 27.3. The normalized spacial score (nSPS) is 56.9. The van der Waals surface area contributed by atoms with Gasteiger partial charge in [0.2, 0.25) is 0 Å². The van der Waals surface area contributed by atoms with Gasteiger partial charge in [-0.1, -0.05) is 126 Å². The van der Waals surface area contributed by atoms with Crippen molar-refractivity contribution < 1.29 is 0 Å². The third kappa shape index (κ3) is 1.90. The number of allylic oxidation sites excluding steroid dienone is 3. The van der Waals surface area contributed by atoms with E-state index in [1.54, 1.807) is 5.57 Å². The first-order valence-electron chi connectivity index (χ1n) is 15.7. The lowest BCUT2D eigenvalue weighted by Gasteiger charge is -3.10. The fourth-order valence-corrected chi connectivity index (χ4v) is 14.9. The molecule has 0 aromatic heterocycles. The van der Waals surface area contributed by atoms with E-state index < -0.39 is 0 Å². The number of rotatable bonds is 7. The van der Waals surface area contributed by atoms with Crippen LogP contribution in [0.2, 0.25) is 0 Å². The lowest BCUT2D eigenvalue weighted by atomic mass is 8.93. The molecule has 0 bridgehead atoms. The Morgan fingerprint density at radius 2 is 1.53 bits per heavy atom. The summed E-state index contributed by atoms with van der Waals surface area (Å²) in [6.45, 7) is 41.3. The molecule has 0 heterocycles. The van der Waals surface area contributed by atoms with Crippen LogP contribution in [0.4, 0.5) is 0 Å². The maximum atomic E-state index is 4.37. The average molecular weight is 493 g/mol. The number of fused-ring (bicyclic) bond motifs is 7. The first-order chi connectivity index (χ1) is 16.4. The Hall–Kier alpha value is -0.520. The van der Waals surface area contributed by atoms with Crippen LogP contribution >= 0.6 is 0 Å². The minimum Gasteiger partial charge on any atom is -0.103 e. The third-order valence-corrected chi connectivity index (χ3v) is 17.4. The second kappa shape index (κ2) is 6.97. The number of hydrogen-bond donors (Lipinski definition) is 0. The van der Waals surface area contributed by atoms with E-state index in [1.165, 1.54) is 32.1 Å². The Bertz CT molecular complexity index is 1030. The highest BCUT2D eigenvalue weighted by Crippen LogP contribution is 3.12. The quantitative estimate of drug-likeness (QED) is 0.310. The van der Waals surface area contributed by atoms with Crippen LogP contribution in [0.5, 0.6) is 0 Å². The summed E-state index contributed by atoms with van der Waals surface area (Å²) in [6, 6.07) is 0. The van der Waals surface area contributed by atoms with E-state index in [2.05, 4.69) is 110 Å². The summed E-state index contributed by atoms with van der Waals surface area (Å²) in [6.07, 6.45) is 9.26. The molecule has 5 fully saturated rings. The predicted octanol–water partition coefficient (Wildman–Crippen LogP) is 10.7. The van der Waals surface area contributed by atoms with Crippen molar-refractivity contribution in [2.45, 2.75) is 129 Å². The maximum absolute atomic E-state index is 4.37. The highest BCUT2D eigenvalue weighted by atomic mass is 15.1. The van der Waals surface area contributed by atoms with Crippen LogP contribution in [0.3, 0.4) is 0 Å². The lowest BCUT2D eigenvalue weighted by molar-refractivity contribution is -0.610. The van der Waals surface area contributed by atoms with Gasteiger partial charge in [0.1, 0.15) is 0 Å². The molecule has 0 aromatic carbocycles. The van der Waals surface area contributed by atoms with E-state index in [4.69, 9.17) is 0 Å².